The van der Waals surface area contributed by atoms with E-state index < -0.39 is 25.1 Å². The van der Waals surface area contributed by atoms with Crippen molar-refractivity contribution in [3.8, 4) is 11.5 Å². The number of rotatable bonds is 10. The van der Waals surface area contributed by atoms with E-state index in [9.17, 15) is 14.4 Å². The summed E-state index contributed by atoms with van der Waals surface area (Å²) in [7, 11) is 1.43. The van der Waals surface area contributed by atoms with Crippen molar-refractivity contribution in [3.63, 3.8) is 0 Å². The number of benzene rings is 2. The third-order valence-electron chi connectivity index (χ3n) is 3.93. The maximum Gasteiger partial charge on any atom is 0.344 e. The Hall–Kier alpha value is -3.06. The van der Waals surface area contributed by atoms with Gasteiger partial charge in [-0.15, -0.1) is 0 Å². The van der Waals surface area contributed by atoms with Gasteiger partial charge in [-0.25, -0.2) is 4.79 Å². The Labute approximate surface area is 173 Å². The minimum Gasteiger partial charge on any atom is -0.493 e. The number of hydrogen-bond donors (Lipinski definition) is 1. The molecule has 8 heteroatoms. The smallest absolute Gasteiger partial charge is 0.344 e. The molecule has 2 aromatic carbocycles. The first kappa shape index (κ1) is 22.2. The van der Waals surface area contributed by atoms with E-state index in [1.165, 1.54) is 26.2 Å². The molecule has 0 spiro atoms. The molecule has 0 aliphatic carbocycles. The predicted molar refractivity (Wildman–Crippen MR) is 108 cm³/mol. The number of halogens is 1. The first-order chi connectivity index (χ1) is 13.9. The number of methoxy groups -OCH3 is 1. The molecular formula is C21H22ClNO6. The van der Waals surface area contributed by atoms with Crippen molar-refractivity contribution in [1.82, 2.24) is 5.32 Å². The molecule has 29 heavy (non-hydrogen) atoms. The van der Waals surface area contributed by atoms with Gasteiger partial charge in [0.15, 0.2) is 30.5 Å². The van der Waals surface area contributed by atoms with Crippen molar-refractivity contribution in [1.29, 1.82) is 0 Å². The Morgan fingerprint density at radius 1 is 1.00 bits per heavy atom. The van der Waals surface area contributed by atoms with E-state index in [4.69, 9.17) is 25.8 Å². The molecular weight excluding hydrogens is 398 g/mol. The van der Waals surface area contributed by atoms with Gasteiger partial charge in [-0.1, -0.05) is 23.7 Å². The Kier molecular flexibility index (Phi) is 8.48. The zero-order valence-corrected chi connectivity index (χ0v) is 17.0. The van der Waals surface area contributed by atoms with Crippen LogP contribution in [0.2, 0.25) is 5.02 Å². The lowest BCUT2D eigenvalue weighted by molar-refractivity contribution is -0.150. The van der Waals surface area contributed by atoms with Crippen molar-refractivity contribution >= 4 is 29.3 Å². The van der Waals surface area contributed by atoms with Gasteiger partial charge in [0.1, 0.15) is 0 Å². The molecule has 0 aromatic heterocycles. The Morgan fingerprint density at radius 3 is 2.38 bits per heavy atom. The minimum atomic E-state index is -0.699. The van der Waals surface area contributed by atoms with Crippen molar-refractivity contribution < 1.29 is 28.6 Å². The highest BCUT2D eigenvalue weighted by atomic mass is 35.5. The van der Waals surface area contributed by atoms with Crippen LogP contribution in [0.4, 0.5) is 0 Å². The molecule has 7 nitrogen and oxygen atoms in total. The van der Waals surface area contributed by atoms with E-state index >= 15 is 0 Å². The van der Waals surface area contributed by atoms with Gasteiger partial charge >= 0.3 is 5.97 Å². The second-order valence-corrected chi connectivity index (χ2v) is 6.53. The van der Waals surface area contributed by atoms with Crippen LogP contribution in [-0.2, 0) is 20.7 Å². The quantitative estimate of drug-likeness (QED) is 0.470. The summed E-state index contributed by atoms with van der Waals surface area (Å²) in [5.41, 5.74) is 1.50. The zero-order valence-electron chi connectivity index (χ0n) is 16.2. The van der Waals surface area contributed by atoms with E-state index in [1.807, 2.05) is 12.1 Å². The number of ketones is 1. The summed E-state index contributed by atoms with van der Waals surface area (Å²) in [4.78, 5) is 34.9. The van der Waals surface area contributed by atoms with Crippen LogP contribution >= 0.6 is 11.6 Å². The van der Waals surface area contributed by atoms with E-state index in [2.05, 4.69) is 5.32 Å². The standard InChI is InChI=1S/C21H22ClNO6/c1-14(24)16-5-8-18(19(11-16)27-2)28-13-21(26)29-12-20(25)23-10-9-15-3-6-17(22)7-4-15/h3-8,11H,9-10,12-13H2,1-2H3,(H,23,25). The number of amides is 1. The SMILES string of the molecule is COc1cc(C(C)=O)ccc1OCC(=O)OCC(=O)NCCc1ccc(Cl)cc1. The fourth-order valence-electron chi connectivity index (χ4n) is 2.38. The van der Waals surface area contributed by atoms with Crippen LogP contribution in [0, 0.1) is 0 Å². The highest BCUT2D eigenvalue weighted by Crippen LogP contribution is 2.28. The first-order valence-corrected chi connectivity index (χ1v) is 9.25. The van der Waals surface area contributed by atoms with Gasteiger partial charge in [0, 0.05) is 17.1 Å². The molecule has 2 rings (SSSR count). The lowest BCUT2D eigenvalue weighted by Gasteiger charge is -2.11. The number of ether oxygens (including phenoxy) is 3. The van der Waals surface area contributed by atoms with Crippen LogP contribution in [0.15, 0.2) is 42.5 Å². The van der Waals surface area contributed by atoms with Gasteiger partial charge in [-0.05, 0) is 49.2 Å². The van der Waals surface area contributed by atoms with Crippen LogP contribution in [-0.4, -0.2) is 44.5 Å². The van der Waals surface area contributed by atoms with E-state index in [0.29, 0.717) is 35.1 Å². The molecule has 154 valence electrons. The molecule has 0 fully saturated rings. The average molecular weight is 420 g/mol. The summed E-state index contributed by atoms with van der Waals surface area (Å²) >= 11 is 5.82. The van der Waals surface area contributed by atoms with Crippen molar-refractivity contribution in [3.05, 3.63) is 58.6 Å². The number of carbonyl (C=O) groups is 3. The molecule has 0 radical (unpaired) electrons. The predicted octanol–water partition coefficient (Wildman–Crippen LogP) is 2.83. The third-order valence-corrected chi connectivity index (χ3v) is 4.18. The van der Waals surface area contributed by atoms with Crippen LogP contribution in [0.3, 0.4) is 0 Å². The molecule has 0 bridgehead atoms. The maximum absolute atomic E-state index is 11.8. The number of esters is 1. The lowest BCUT2D eigenvalue weighted by atomic mass is 10.1. The summed E-state index contributed by atoms with van der Waals surface area (Å²) in [6, 6.07) is 11.9. The molecule has 0 unspecified atom stereocenters. The number of carbonyl (C=O) groups excluding carboxylic acids is 3. The summed E-state index contributed by atoms with van der Waals surface area (Å²) < 4.78 is 15.4. The third kappa shape index (κ3) is 7.46. The lowest BCUT2D eigenvalue weighted by Crippen LogP contribution is -2.31. The Morgan fingerprint density at radius 2 is 1.72 bits per heavy atom. The summed E-state index contributed by atoms with van der Waals surface area (Å²) in [6.45, 7) is 1.05. The number of nitrogens with one attached hydrogen (secondary N) is 1. The molecule has 0 aliphatic rings. The van der Waals surface area contributed by atoms with Gasteiger partial charge in [0.2, 0.25) is 0 Å². The summed E-state index contributed by atoms with van der Waals surface area (Å²) in [6.07, 6.45) is 0.635. The van der Waals surface area contributed by atoms with Crippen molar-refractivity contribution in [2.45, 2.75) is 13.3 Å². The van der Waals surface area contributed by atoms with Crippen LogP contribution in [0.25, 0.3) is 0 Å². The molecule has 0 saturated heterocycles. The van der Waals surface area contributed by atoms with Crippen LogP contribution < -0.4 is 14.8 Å². The highest BCUT2D eigenvalue weighted by molar-refractivity contribution is 6.30. The maximum atomic E-state index is 11.8. The minimum absolute atomic E-state index is 0.115. The monoisotopic (exact) mass is 419 g/mol. The van der Waals surface area contributed by atoms with Gasteiger partial charge in [-0.3, -0.25) is 9.59 Å². The fraction of sp³-hybridized carbons (Fsp3) is 0.286. The second-order valence-electron chi connectivity index (χ2n) is 6.10. The van der Waals surface area contributed by atoms with Crippen molar-refractivity contribution in [2.75, 3.05) is 26.9 Å². The van der Waals surface area contributed by atoms with E-state index in [1.54, 1.807) is 18.2 Å². The molecule has 0 saturated carbocycles. The average Bonchev–Trinajstić information content (AvgIpc) is 2.71. The van der Waals surface area contributed by atoms with Gasteiger partial charge in [0.25, 0.3) is 5.91 Å². The second kappa shape index (κ2) is 11.1. The molecule has 2 aromatic rings. The fourth-order valence-corrected chi connectivity index (χ4v) is 2.50. The van der Waals surface area contributed by atoms with Gasteiger partial charge in [0.05, 0.1) is 7.11 Å². The number of hydrogen-bond acceptors (Lipinski definition) is 6. The normalized spacial score (nSPS) is 10.2. The van der Waals surface area contributed by atoms with Gasteiger partial charge in [-0.2, -0.15) is 0 Å². The highest BCUT2D eigenvalue weighted by Gasteiger charge is 2.12. The van der Waals surface area contributed by atoms with E-state index in [-0.39, 0.29) is 5.78 Å². The Bertz CT molecular complexity index is 866. The molecule has 0 atom stereocenters. The summed E-state index contributed by atoms with van der Waals surface area (Å²) in [5.74, 6) is -0.602. The number of Topliss-reactive ketones (excluding diaryl/α,β-unsaturated/α-hetero) is 1. The van der Waals surface area contributed by atoms with Crippen LogP contribution in [0.5, 0.6) is 11.5 Å². The van der Waals surface area contributed by atoms with Crippen molar-refractivity contribution in [2.24, 2.45) is 0 Å². The molecule has 0 heterocycles. The zero-order chi connectivity index (χ0) is 21.2. The first-order valence-electron chi connectivity index (χ1n) is 8.87. The topological polar surface area (TPSA) is 90.9 Å². The molecule has 1 N–H and O–H groups in total. The molecule has 0 aliphatic heterocycles. The van der Waals surface area contributed by atoms with Gasteiger partial charge < -0.3 is 19.5 Å². The molecule has 1 amide bonds. The van der Waals surface area contributed by atoms with E-state index in [0.717, 1.165) is 5.56 Å². The van der Waals surface area contributed by atoms with Crippen LogP contribution in [0.1, 0.15) is 22.8 Å². The summed E-state index contributed by atoms with van der Waals surface area (Å²) in [5, 5.41) is 3.32. The Balaban J connectivity index is 1.70. The largest absolute Gasteiger partial charge is 0.493 e.